The molecule has 0 saturated carbocycles. The van der Waals surface area contributed by atoms with Gasteiger partial charge in [-0.1, -0.05) is 0 Å². The zero-order valence-electron chi connectivity index (χ0n) is 2.61. The van der Waals surface area contributed by atoms with Crippen LogP contribution in [0.5, 0.6) is 0 Å². The van der Waals surface area contributed by atoms with Crippen LogP contribution in [0.3, 0.4) is 0 Å². The molecule has 0 aliphatic carbocycles. The molecule has 0 aliphatic rings. The summed E-state index contributed by atoms with van der Waals surface area (Å²) in [5, 5.41) is 0. The molecule has 0 fully saturated rings. The minimum absolute atomic E-state index is 0. The zero-order chi connectivity index (χ0) is 4.50. The van der Waals surface area contributed by atoms with Crippen molar-refractivity contribution in [2.24, 2.45) is 0 Å². The van der Waals surface area contributed by atoms with E-state index in [0.717, 1.165) is 0 Å². The van der Waals surface area contributed by atoms with Crippen LogP contribution in [0.2, 0.25) is 0 Å². The Bertz CT molecular complexity index is 53.7. The van der Waals surface area contributed by atoms with E-state index < -0.39 is 7.82 Å². The average Bonchev–Trinajstić information content (AvgIpc) is 0.722. The van der Waals surface area contributed by atoms with Gasteiger partial charge in [0.2, 0.25) is 0 Å². The Kier molecular flexibility index (Phi) is 4.49. The molecule has 0 aliphatic heterocycles. The summed E-state index contributed by atoms with van der Waals surface area (Å²) in [6, 6.07) is 0. The van der Waals surface area contributed by atoms with Crippen molar-refractivity contribution in [1.82, 2.24) is 0 Å². The van der Waals surface area contributed by atoms with Gasteiger partial charge in [0.05, 0.1) is 0 Å². The number of hydrogen-bond acceptors (Lipinski definition) is 1. The standard InChI is InChI=1S/H3O4P.Se/c1-5(2,3)4;/h(H3,1,2,3,4);. The summed E-state index contributed by atoms with van der Waals surface area (Å²) < 4.78 is 8.88. The quantitative estimate of drug-likeness (QED) is 0.317. The molecule has 6 heteroatoms. The molecule has 0 heterocycles. The maximum atomic E-state index is 8.88. The molecular formula is H3O4PSe. The minimum Gasteiger partial charge on any atom is -0.303 e. The van der Waals surface area contributed by atoms with Gasteiger partial charge < -0.3 is 14.7 Å². The Morgan fingerprint density at radius 3 is 1.17 bits per heavy atom. The molecule has 0 amide bonds. The van der Waals surface area contributed by atoms with E-state index in [0.29, 0.717) is 0 Å². The number of hydrogen-bond donors (Lipinski definition) is 3. The molecule has 0 bridgehead atoms. The van der Waals surface area contributed by atoms with Gasteiger partial charge >= 0.3 is 7.82 Å². The van der Waals surface area contributed by atoms with Gasteiger partial charge in [-0.25, -0.2) is 4.57 Å². The van der Waals surface area contributed by atoms with Crippen LogP contribution in [-0.2, 0) is 4.57 Å². The van der Waals surface area contributed by atoms with Gasteiger partial charge in [0.1, 0.15) is 0 Å². The van der Waals surface area contributed by atoms with Crippen LogP contribution in [0.25, 0.3) is 0 Å². The Morgan fingerprint density at radius 2 is 1.17 bits per heavy atom. The van der Waals surface area contributed by atoms with E-state index in [2.05, 4.69) is 0 Å². The fraction of sp³-hybridized carbons (Fsp3) is 0. The Hall–Kier alpha value is 0.629. The number of rotatable bonds is 0. The fourth-order valence-corrected chi connectivity index (χ4v) is 0. The Morgan fingerprint density at radius 1 is 1.17 bits per heavy atom. The smallest absolute Gasteiger partial charge is 0.303 e. The summed E-state index contributed by atoms with van der Waals surface area (Å²) in [5.74, 6) is 0. The number of phosphoric acid groups is 1. The van der Waals surface area contributed by atoms with E-state index in [1.165, 1.54) is 0 Å². The third kappa shape index (κ3) is 154. The van der Waals surface area contributed by atoms with Crippen molar-refractivity contribution in [3.8, 4) is 0 Å². The van der Waals surface area contributed by atoms with Gasteiger partial charge in [-0.15, -0.1) is 0 Å². The van der Waals surface area contributed by atoms with E-state index in [9.17, 15) is 0 Å². The van der Waals surface area contributed by atoms with Crippen LogP contribution in [-0.4, -0.2) is 31.7 Å². The normalized spacial score (nSPS) is 9.83. The van der Waals surface area contributed by atoms with Gasteiger partial charge in [-0.05, 0) is 0 Å². The molecule has 0 spiro atoms. The summed E-state index contributed by atoms with van der Waals surface area (Å²) in [5.41, 5.74) is 0. The first kappa shape index (κ1) is 9.80. The summed E-state index contributed by atoms with van der Waals surface area (Å²) in [6.45, 7) is 0. The third-order valence-electron chi connectivity index (χ3n) is 0. The van der Waals surface area contributed by atoms with E-state index >= 15 is 0 Å². The Balaban J connectivity index is 0. The van der Waals surface area contributed by atoms with E-state index in [1.54, 1.807) is 0 Å². The van der Waals surface area contributed by atoms with Crippen LogP contribution in [0.4, 0.5) is 0 Å². The van der Waals surface area contributed by atoms with Crippen molar-refractivity contribution in [3.63, 3.8) is 0 Å². The molecule has 0 saturated heterocycles. The van der Waals surface area contributed by atoms with Crippen LogP contribution in [0.15, 0.2) is 0 Å². The van der Waals surface area contributed by atoms with Gasteiger partial charge in [-0.2, -0.15) is 0 Å². The van der Waals surface area contributed by atoms with E-state index in [-0.39, 0.29) is 17.1 Å². The largest absolute Gasteiger partial charge is 0.466 e. The van der Waals surface area contributed by atoms with Gasteiger partial charge in [-0.3, -0.25) is 0 Å². The summed E-state index contributed by atoms with van der Waals surface area (Å²) >= 11 is 0. The van der Waals surface area contributed by atoms with Crippen LogP contribution >= 0.6 is 7.82 Å². The molecule has 0 aromatic carbocycles. The SMILES string of the molecule is O=P(O)(O)O.[Se]. The molecule has 4 nitrogen and oxygen atoms in total. The summed E-state index contributed by atoms with van der Waals surface area (Å²) in [7, 11) is -4.64. The second-order valence-corrected chi connectivity index (χ2v) is 1.54. The molecule has 38 valence electrons. The maximum Gasteiger partial charge on any atom is 0.466 e. The summed E-state index contributed by atoms with van der Waals surface area (Å²) in [4.78, 5) is 21.6. The van der Waals surface area contributed by atoms with Gasteiger partial charge in [0.25, 0.3) is 0 Å². The van der Waals surface area contributed by atoms with Crippen molar-refractivity contribution in [1.29, 1.82) is 0 Å². The van der Waals surface area contributed by atoms with Gasteiger partial charge in [0, 0.05) is 17.1 Å². The molecule has 2 radical (unpaired) electrons. The molecular weight excluding hydrogens is 174 g/mol. The first-order chi connectivity index (χ1) is 2.00. The fourth-order valence-electron chi connectivity index (χ4n) is 0. The van der Waals surface area contributed by atoms with E-state index in [4.69, 9.17) is 19.2 Å². The molecule has 0 aromatic rings. The topological polar surface area (TPSA) is 77.8 Å². The van der Waals surface area contributed by atoms with Crippen LogP contribution in [0.1, 0.15) is 0 Å². The molecule has 0 unspecified atom stereocenters. The second-order valence-electron chi connectivity index (χ2n) is 0.513. The third-order valence-corrected chi connectivity index (χ3v) is 0. The van der Waals surface area contributed by atoms with Crippen molar-refractivity contribution in [3.05, 3.63) is 0 Å². The molecule has 0 atom stereocenters. The molecule has 0 rings (SSSR count). The maximum absolute atomic E-state index is 8.88. The van der Waals surface area contributed by atoms with Crippen molar-refractivity contribution in [2.75, 3.05) is 0 Å². The summed E-state index contributed by atoms with van der Waals surface area (Å²) in [6.07, 6.45) is 0. The molecule has 3 N–H and O–H groups in total. The second kappa shape index (κ2) is 2.75. The average molecular weight is 177 g/mol. The zero-order valence-corrected chi connectivity index (χ0v) is 5.21. The predicted octanol–water partition coefficient (Wildman–Crippen LogP) is -1.31. The first-order valence-corrected chi connectivity index (χ1v) is 2.35. The van der Waals surface area contributed by atoms with Crippen molar-refractivity contribution in [2.45, 2.75) is 0 Å². The first-order valence-electron chi connectivity index (χ1n) is 0.783. The molecule has 0 aromatic heterocycles. The van der Waals surface area contributed by atoms with Crippen molar-refractivity contribution >= 4 is 24.9 Å². The van der Waals surface area contributed by atoms with Crippen LogP contribution < -0.4 is 0 Å². The van der Waals surface area contributed by atoms with Crippen LogP contribution in [0, 0.1) is 0 Å². The predicted molar refractivity (Wildman–Crippen MR) is 20.0 cm³/mol. The molecule has 6 heavy (non-hydrogen) atoms. The van der Waals surface area contributed by atoms with Crippen molar-refractivity contribution < 1.29 is 19.2 Å². The van der Waals surface area contributed by atoms with E-state index in [1.807, 2.05) is 0 Å². The van der Waals surface area contributed by atoms with Gasteiger partial charge in [0.15, 0.2) is 0 Å². The minimum atomic E-state index is -4.64. The monoisotopic (exact) mass is 178 g/mol. The Labute approximate surface area is 44.9 Å².